The molecule has 0 aromatic heterocycles. The van der Waals surface area contributed by atoms with Crippen molar-refractivity contribution in [1.29, 1.82) is 0 Å². The molecule has 0 amide bonds. The third-order valence-electron chi connectivity index (χ3n) is 4.72. The summed E-state index contributed by atoms with van der Waals surface area (Å²) in [6.45, 7) is 3.78. The maximum absolute atomic E-state index is 5.82. The Kier molecular flexibility index (Phi) is 5.27. The Labute approximate surface area is 139 Å². The molecule has 1 fully saturated rings. The minimum absolute atomic E-state index is 0.607. The Morgan fingerprint density at radius 3 is 2.48 bits per heavy atom. The molecule has 2 heteroatoms. The van der Waals surface area contributed by atoms with Gasteiger partial charge in [0, 0.05) is 19.1 Å². The van der Waals surface area contributed by atoms with Gasteiger partial charge in [0.25, 0.3) is 0 Å². The van der Waals surface area contributed by atoms with E-state index in [4.69, 9.17) is 5.73 Å². The molecule has 3 N–H and O–H groups in total. The number of benzene rings is 2. The van der Waals surface area contributed by atoms with Gasteiger partial charge in [0.15, 0.2) is 0 Å². The maximum Gasteiger partial charge on any atom is 0.0211 e. The first kappa shape index (κ1) is 16.0. The van der Waals surface area contributed by atoms with Crippen LogP contribution in [0.15, 0.2) is 60.2 Å². The van der Waals surface area contributed by atoms with E-state index >= 15 is 0 Å². The highest BCUT2D eigenvalue weighted by atomic mass is 15.0. The Hall–Kier alpha value is -1.90. The lowest BCUT2D eigenvalue weighted by atomic mass is 10.0. The summed E-state index contributed by atoms with van der Waals surface area (Å²) in [6.07, 6.45) is 4.73. The van der Waals surface area contributed by atoms with Crippen molar-refractivity contribution in [2.75, 3.05) is 0 Å². The van der Waals surface area contributed by atoms with Crippen LogP contribution in [-0.4, -0.2) is 6.04 Å². The molecule has 0 radical (unpaired) electrons. The molecule has 3 rings (SSSR count). The van der Waals surface area contributed by atoms with Crippen LogP contribution < -0.4 is 11.1 Å². The van der Waals surface area contributed by atoms with Crippen LogP contribution in [0.4, 0.5) is 0 Å². The van der Waals surface area contributed by atoms with E-state index in [1.165, 1.54) is 23.1 Å². The van der Waals surface area contributed by atoms with Gasteiger partial charge in [-0.3, -0.25) is 0 Å². The number of rotatable bonds is 7. The van der Waals surface area contributed by atoms with Crippen LogP contribution in [0, 0.1) is 5.92 Å². The molecule has 2 nitrogen and oxygen atoms in total. The van der Waals surface area contributed by atoms with Gasteiger partial charge < -0.3 is 11.1 Å². The zero-order valence-corrected chi connectivity index (χ0v) is 13.8. The molecule has 0 aliphatic heterocycles. The zero-order valence-electron chi connectivity index (χ0n) is 13.8. The second kappa shape index (κ2) is 7.58. The average molecular weight is 306 g/mol. The number of hydrogen-bond acceptors (Lipinski definition) is 2. The third-order valence-corrected chi connectivity index (χ3v) is 4.72. The van der Waals surface area contributed by atoms with Gasteiger partial charge >= 0.3 is 0 Å². The van der Waals surface area contributed by atoms with Gasteiger partial charge in [-0.25, -0.2) is 0 Å². The minimum Gasteiger partial charge on any atom is -0.326 e. The molecular formula is C21H26N2. The van der Waals surface area contributed by atoms with E-state index in [1.807, 2.05) is 0 Å². The summed E-state index contributed by atoms with van der Waals surface area (Å²) in [5.41, 5.74) is 11.3. The molecule has 0 heterocycles. The molecule has 2 aromatic rings. The van der Waals surface area contributed by atoms with Crippen LogP contribution in [0.2, 0.25) is 0 Å². The molecule has 2 aromatic carbocycles. The maximum atomic E-state index is 5.82. The van der Waals surface area contributed by atoms with Crippen LogP contribution in [0.25, 0.3) is 6.08 Å². The molecule has 0 saturated heterocycles. The molecule has 0 unspecified atom stereocenters. The predicted molar refractivity (Wildman–Crippen MR) is 97.8 cm³/mol. The summed E-state index contributed by atoms with van der Waals surface area (Å²) in [4.78, 5) is 0. The van der Waals surface area contributed by atoms with Crippen molar-refractivity contribution in [3.05, 3.63) is 76.9 Å². The van der Waals surface area contributed by atoms with Crippen molar-refractivity contribution >= 4 is 6.08 Å². The number of nitrogens with one attached hydrogen (secondary N) is 1. The molecule has 1 aliphatic rings. The van der Waals surface area contributed by atoms with E-state index in [-0.39, 0.29) is 0 Å². The van der Waals surface area contributed by atoms with Crippen molar-refractivity contribution in [3.63, 3.8) is 0 Å². The third kappa shape index (κ3) is 4.10. The largest absolute Gasteiger partial charge is 0.326 e. The van der Waals surface area contributed by atoms with Crippen molar-refractivity contribution in [1.82, 2.24) is 5.32 Å². The highest BCUT2D eigenvalue weighted by molar-refractivity contribution is 5.54. The van der Waals surface area contributed by atoms with Gasteiger partial charge in [0.2, 0.25) is 0 Å². The van der Waals surface area contributed by atoms with Gasteiger partial charge in [-0.2, -0.15) is 0 Å². The minimum atomic E-state index is 0.607. The van der Waals surface area contributed by atoms with E-state index < -0.39 is 0 Å². The molecule has 2 atom stereocenters. The summed E-state index contributed by atoms with van der Waals surface area (Å²) in [7, 11) is 0. The lowest BCUT2D eigenvalue weighted by Gasteiger charge is -2.10. The summed E-state index contributed by atoms with van der Waals surface area (Å²) < 4.78 is 0. The normalized spacial score (nSPS) is 20.5. The van der Waals surface area contributed by atoms with Crippen LogP contribution in [0.3, 0.4) is 0 Å². The van der Waals surface area contributed by atoms with Crippen LogP contribution in [0.5, 0.6) is 0 Å². The van der Waals surface area contributed by atoms with Gasteiger partial charge in [-0.05, 0) is 35.4 Å². The Morgan fingerprint density at radius 2 is 1.78 bits per heavy atom. The van der Waals surface area contributed by atoms with Crippen LogP contribution in [0.1, 0.15) is 36.5 Å². The molecule has 1 aliphatic carbocycles. The van der Waals surface area contributed by atoms with E-state index in [9.17, 15) is 0 Å². The standard InChI is InChI=1S/C21H26N2/c1-2-17(12-16-8-4-3-5-9-16)20-13-21(20)23-15-19-11-7-6-10-18(19)14-22/h3-12,20-21,23H,2,13-15,22H2,1H3/t20-,21+/m0/s1. The van der Waals surface area contributed by atoms with Crippen molar-refractivity contribution in [2.24, 2.45) is 11.7 Å². The van der Waals surface area contributed by atoms with E-state index in [0.29, 0.717) is 18.5 Å². The van der Waals surface area contributed by atoms with Gasteiger partial charge in [-0.15, -0.1) is 0 Å². The Bertz CT molecular complexity index is 661. The van der Waals surface area contributed by atoms with Gasteiger partial charge in [0.1, 0.15) is 0 Å². The second-order valence-corrected chi connectivity index (χ2v) is 6.29. The quantitative estimate of drug-likeness (QED) is 0.807. The average Bonchev–Trinajstić information content (AvgIpc) is 3.38. The number of hydrogen-bond donors (Lipinski definition) is 2. The van der Waals surface area contributed by atoms with E-state index in [0.717, 1.165) is 13.0 Å². The highest BCUT2D eigenvalue weighted by Crippen LogP contribution is 2.39. The van der Waals surface area contributed by atoms with E-state index in [2.05, 4.69) is 72.9 Å². The Morgan fingerprint density at radius 1 is 1.09 bits per heavy atom. The fourth-order valence-electron chi connectivity index (χ4n) is 3.24. The van der Waals surface area contributed by atoms with E-state index in [1.54, 1.807) is 5.57 Å². The van der Waals surface area contributed by atoms with Crippen LogP contribution >= 0.6 is 0 Å². The summed E-state index contributed by atoms with van der Waals surface area (Å²) in [6, 6.07) is 19.7. The van der Waals surface area contributed by atoms with Crippen LogP contribution in [-0.2, 0) is 13.1 Å². The first-order valence-corrected chi connectivity index (χ1v) is 8.57. The first-order valence-electron chi connectivity index (χ1n) is 8.57. The molecular weight excluding hydrogens is 280 g/mol. The van der Waals surface area contributed by atoms with Crippen molar-refractivity contribution in [3.8, 4) is 0 Å². The predicted octanol–water partition coefficient (Wildman–Crippen LogP) is 4.12. The Balaban J connectivity index is 1.59. The zero-order chi connectivity index (χ0) is 16.1. The SMILES string of the molecule is CCC(=Cc1ccccc1)[C@@H]1C[C@H]1NCc1ccccc1CN. The fourth-order valence-corrected chi connectivity index (χ4v) is 3.24. The van der Waals surface area contributed by atoms with Gasteiger partial charge in [-0.1, -0.05) is 73.2 Å². The molecule has 120 valence electrons. The monoisotopic (exact) mass is 306 g/mol. The smallest absolute Gasteiger partial charge is 0.0211 e. The number of nitrogens with two attached hydrogens (primary N) is 1. The summed E-state index contributed by atoms with van der Waals surface area (Å²) >= 11 is 0. The lowest BCUT2D eigenvalue weighted by molar-refractivity contribution is 0.651. The second-order valence-electron chi connectivity index (χ2n) is 6.29. The summed E-state index contributed by atoms with van der Waals surface area (Å²) in [5.74, 6) is 0.685. The fraction of sp³-hybridized carbons (Fsp3) is 0.333. The molecule has 0 spiro atoms. The molecule has 0 bridgehead atoms. The summed E-state index contributed by atoms with van der Waals surface area (Å²) in [5, 5.41) is 3.70. The van der Waals surface area contributed by atoms with Crippen molar-refractivity contribution < 1.29 is 0 Å². The molecule has 1 saturated carbocycles. The topological polar surface area (TPSA) is 38.0 Å². The molecule has 23 heavy (non-hydrogen) atoms. The first-order chi connectivity index (χ1) is 11.3. The highest BCUT2D eigenvalue weighted by Gasteiger charge is 2.38. The lowest BCUT2D eigenvalue weighted by Crippen LogP contribution is -2.19. The van der Waals surface area contributed by atoms with Crippen molar-refractivity contribution in [2.45, 2.75) is 38.9 Å². The van der Waals surface area contributed by atoms with Gasteiger partial charge in [0.05, 0.1) is 0 Å².